The Labute approximate surface area is 138 Å². The molecule has 0 bridgehead atoms. The van der Waals surface area contributed by atoms with E-state index in [0.29, 0.717) is 10.9 Å². The number of aromatic nitrogens is 1. The van der Waals surface area contributed by atoms with Crippen molar-refractivity contribution >= 4 is 22.4 Å². The van der Waals surface area contributed by atoms with E-state index < -0.39 is 0 Å². The molecule has 1 aromatic heterocycles. The molecule has 0 aliphatic carbocycles. The maximum absolute atomic E-state index is 11.8. The topological polar surface area (TPSA) is 51.2 Å². The molecule has 2 aromatic carbocycles. The summed E-state index contributed by atoms with van der Waals surface area (Å²) in [7, 11) is 0. The number of amides is 1. The van der Waals surface area contributed by atoms with E-state index in [-0.39, 0.29) is 12.5 Å². The number of hydrogen-bond donors (Lipinski definition) is 1. The van der Waals surface area contributed by atoms with Crippen LogP contribution in [0, 0.1) is 6.92 Å². The molecular weight excluding hydrogens is 308 g/mol. The van der Waals surface area contributed by atoms with Crippen molar-refractivity contribution in [1.82, 2.24) is 4.98 Å². The van der Waals surface area contributed by atoms with Crippen molar-refractivity contribution in [3.05, 3.63) is 65.7 Å². The molecule has 4 nitrogen and oxygen atoms in total. The minimum absolute atomic E-state index is 0.0384. The summed E-state index contributed by atoms with van der Waals surface area (Å²) in [5.41, 5.74) is 3.15. The Morgan fingerprint density at radius 1 is 1.09 bits per heavy atom. The maximum atomic E-state index is 11.8. The molecule has 1 N–H and O–H groups in total. The van der Waals surface area contributed by atoms with Crippen LogP contribution in [-0.4, -0.2) is 17.5 Å². The van der Waals surface area contributed by atoms with Crippen molar-refractivity contribution in [3.8, 4) is 16.9 Å². The third-order valence-corrected chi connectivity index (χ3v) is 4.07. The third-order valence-electron chi connectivity index (χ3n) is 3.20. The average molecular weight is 324 g/mol. The molecular formula is C18H16N2O2S. The molecule has 1 amide bonds. The average Bonchev–Trinajstić information content (AvgIpc) is 2.99. The van der Waals surface area contributed by atoms with Gasteiger partial charge in [-0.1, -0.05) is 42.5 Å². The highest BCUT2D eigenvalue weighted by Gasteiger charge is 2.06. The molecule has 0 spiro atoms. The highest BCUT2D eigenvalue weighted by molar-refractivity contribution is 7.13. The molecule has 116 valence electrons. The molecule has 1 heterocycles. The van der Waals surface area contributed by atoms with Crippen LogP contribution in [0.2, 0.25) is 0 Å². The van der Waals surface area contributed by atoms with Crippen molar-refractivity contribution < 1.29 is 9.53 Å². The summed E-state index contributed by atoms with van der Waals surface area (Å²) >= 11 is 1.40. The number of ether oxygens (including phenoxy) is 1. The van der Waals surface area contributed by atoms with Gasteiger partial charge in [0, 0.05) is 5.38 Å². The monoisotopic (exact) mass is 324 g/mol. The Morgan fingerprint density at radius 3 is 2.43 bits per heavy atom. The first-order valence-corrected chi connectivity index (χ1v) is 8.09. The van der Waals surface area contributed by atoms with Gasteiger partial charge in [-0.25, -0.2) is 4.98 Å². The molecule has 23 heavy (non-hydrogen) atoms. The van der Waals surface area contributed by atoms with Crippen LogP contribution in [0.25, 0.3) is 11.1 Å². The summed E-state index contributed by atoms with van der Waals surface area (Å²) in [4.78, 5) is 16.0. The van der Waals surface area contributed by atoms with E-state index in [1.165, 1.54) is 11.3 Å². The molecule has 0 unspecified atom stereocenters. The van der Waals surface area contributed by atoms with Crippen LogP contribution >= 0.6 is 11.3 Å². The van der Waals surface area contributed by atoms with Crippen LogP contribution in [0.15, 0.2) is 60.0 Å². The molecule has 0 saturated heterocycles. The van der Waals surface area contributed by atoms with E-state index in [9.17, 15) is 4.79 Å². The highest BCUT2D eigenvalue weighted by atomic mass is 32.1. The first kappa shape index (κ1) is 15.2. The van der Waals surface area contributed by atoms with Crippen molar-refractivity contribution in [2.24, 2.45) is 0 Å². The lowest BCUT2D eigenvalue weighted by Gasteiger charge is -2.07. The van der Waals surface area contributed by atoms with Gasteiger partial charge in [0.1, 0.15) is 5.75 Å². The molecule has 3 aromatic rings. The summed E-state index contributed by atoms with van der Waals surface area (Å²) < 4.78 is 5.50. The second kappa shape index (κ2) is 7.07. The lowest BCUT2D eigenvalue weighted by molar-refractivity contribution is -0.118. The van der Waals surface area contributed by atoms with E-state index in [1.807, 2.05) is 54.8 Å². The molecule has 0 aliphatic rings. The predicted octanol–water partition coefficient (Wildman–Crippen LogP) is 4.14. The second-order valence-electron chi connectivity index (χ2n) is 5.02. The largest absolute Gasteiger partial charge is 0.484 e. The fourth-order valence-electron chi connectivity index (χ4n) is 2.09. The first-order valence-electron chi connectivity index (χ1n) is 7.21. The highest BCUT2D eigenvalue weighted by Crippen LogP contribution is 2.22. The van der Waals surface area contributed by atoms with Crippen molar-refractivity contribution in [3.63, 3.8) is 0 Å². The summed E-state index contributed by atoms with van der Waals surface area (Å²) in [6, 6.07) is 17.8. The molecule has 0 atom stereocenters. The zero-order chi connectivity index (χ0) is 16.1. The van der Waals surface area contributed by atoms with Crippen molar-refractivity contribution in [2.75, 3.05) is 11.9 Å². The Hall–Kier alpha value is -2.66. The van der Waals surface area contributed by atoms with Crippen LogP contribution in [0.5, 0.6) is 5.75 Å². The van der Waals surface area contributed by atoms with E-state index in [1.54, 1.807) is 0 Å². The number of carbonyl (C=O) groups excluding carboxylic acids is 1. The quantitative estimate of drug-likeness (QED) is 0.767. The van der Waals surface area contributed by atoms with Gasteiger partial charge in [-0.2, -0.15) is 0 Å². The first-order chi connectivity index (χ1) is 11.2. The van der Waals surface area contributed by atoms with Gasteiger partial charge in [-0.05, 0) is 30.2 Å². The van der Waals surface area contributed by atoms with Crippen molar-refractivity contribution in [1.29, 1.82) is 0 Å². The van der Waals surface area contributed by atoms with Crippen LogP contribution in [-0.2, 0) is 4.79 Å². The number of anilines is 1. The van der Waals surface area contributed by atoms with E-state index in [2.05, 4.69) is 22.4 Å². The normalized spacial score (nSPS) is 10.3. The van der Waals surface area contributed by atoms with E-state index in [0.717, 1.165) is 16.8 Å². The zero-order valence-electron chi connectivity index (χ0n) is 12.7. The number of nitrogens with zero attached hydrogens (tertiary/aromatic N) is 1. The molecule has 0 aliphatic heterocycles. The zero-order valence-corrected chi connectivity index (χ0v) is 13.5. The second-order valence-corrected chi connectivity index (χ2v) is 5.88. The minimum atomic E-state index is -0.216. The Morgan fingerprint density at radius 2 is 1.78 bits per heavy atom. The summed E-state index contributed by atoms with van der Waals surface area (Å²) in [6.45, 7) is 1.85. The minimum Gasteiger partial charge on any atom is -0.484 e. The van der Waals surface area contributed by atoms with Gasteiger partial charge in [0.25, 0.3) is 5.91 Å². The Kier molecular flexibility index (Phi) is 4.68. The predicted molar refractivity (Wildman–Crippen MR) is 92.9 cm³/mol. The molecule has 0 radical (unpaired) electrons. The summed E-state index contributed by atoms with van der Waals surface area (Å²) in [6.07, 6.45) is 0. The summed E-state index contributed by atoms with van der Waals surface area (Å²) in [5.74, 6) is 0.446. The van der Waals surface area contributed by atoms with Crippen LogP contribution in [0.1, 0.15) is 5.69 Å². The SMILES string of the molecule is Cc1csc(NC(=O)COc2ccc(-c3ccccc3)cc2)n1. The molecule has 0 fully saturated rings. The van der Waals surface area contributed by atoms with E-state index >= 15 is 0 Å². The lowest BCUT2D eigenvalue weighted by Crippen LogP contribution is -2.20. The van der Waals surface area contributed by atoms with Crippen LogP contribution in [0.4, 0.5) is 5.13 Å². The fraction of sp³-hybridized carbons (Fsp3) is 0.111. The number of nitrogens with one attached hydrogen (secondary N) is 1. The van der Waals surface area contributed by atoms with Gasteiger partial charge in [0.15, 0.2) is 11.7 Å². The fourth-order valence-corrected chi connectivity index (χ4v) is 2.79. The number of rotatable bonds is 5. The van der Waals surface area contributed by atoms with Gasteiger partial charge >= 0.3 is 0 Å². The van der Waals surface area contributed by atoms with Crippen LogP contribution in [0.3, 0.4) is 0 Å². The molecule has 3 rings (SSSR count). The maximum Gasteiger partial charge on any atom is 0.264 e. The van der Waals surface area contributed by atoms with Gasteiger partial charge in [-0.15, -0.1) is 11.3 Å². The smallest absolute Gasteiger partial charge is 0.264 e. The van der Waals surface area contributed by atoms with Crippen molar-refractivity contribution in [2.45, 2.75) is 6.92 Å². The Balaban J connectivity index is 1.55. The lowest BCUT2D eigenvalue weighted by atomic mass is 10.1. The number of thiazole rings is 1. The van der Waals surface area contributed by atoms with Crippen LogP contribution < -0.4 is 10.1 Å². The van der Waals surface area contributed by atoms with E-state index in [4.69, 9.17) is 4.74 Å². The number of benzene rings is 2. The summed E-state index contributed by atoms with van der Waals surface area (Å²) in [5, 5.41) is 5.19. The standard InChI is InChI=1S/C18H16N2O2S/c1-13-12-23-18(19-13)20-17(21)11-22-16-9-7-15(8-10-16)14-5-3-2-4-6-14/h2-10,12H,11H2,1H3,(H,19,20,21). The number of hydrogen-bond acceptors (Lipinski definition) is 4. The molecule has 0 saturated carbocycles. The van der Waals surface area contributed by atoms with Gasteiger partial charge < -0.3 is 4.74 Å². The van der Waals surface area contributed by atoms with Gasteiger partial charge in [0.2, 0.25) is 0 Å². The Bertz CT molecular complexity index is 782. The number of aryl methyl sites for hydroxylation is 1. The third kappa shape index (κ3) is 4.17. The molecule has 5 heteroatoms. The van der Waals surface area contributed by atoms with Gasteiger partial charge in [-0.3, -0.25) is 10.1 Å². The number of carbonyl (C=O) groups is 1. The van der Waals surface area contributed by atoms with Gasteiger partial charge in [0.05, 0.1) is 5.69 Å².